The standard InChI is InChI=1S/C33H34N6O/c1-22-18-23(2)20-26(19-22)34-33(40)38-21-29-24(3)35-39(28-10-7-6-8-11-28)32(29)37-17-9-12-30(37)31(38)25-13-15-27(16-14-25)36(4)5/h6-20,31H,21H2,1-5H3,(H,34,40)/t31-/m0/s1. The Morgan fingerprint density at radius 3 is 2.27 bits per heavy atom. The average Bonchev–Trinajstić information content (AvgIpc) is 3.49. The first-order valence-electron chi connectivity index (χ1n) is 13.5. The van der Waals surface area contributed by atoms with Gasteiger partial charge in [-0.25, -0.2) is 9.48 Å². The van der Waals surface area contributed by atoms with Crippen LogP contribution in [0.25, 0.3) is 11.5 Å². The van der Waals surface area contributed by atoms with Gasteiger partial charge in [0.2, 0.25) is 0 Å². The molecule has 0 aliphatic carbocycles. The summed E-state index contributed by atoms with van der Waals surface area (Å²) < 4.78 is 4.18. The van der Waals surface area contributed by atoms with Crippen LogP contribution in [0.15, 0.2) is 91.1 Å². The second kappa shape index (κ2) is 10.1. The summed E-state index contributed by atoms with van der Waals surface area (Å²) in [6.07, 6.45) is 2.07. The Hall–Kier alpha value is -4.78. The summed E-state index contributed by atoms with van der Waals surface area (Å²) in [7, 11) is 4.06. The number of hydrogen-bond donors (Lipinski definition) is 1. The minimum atomic E-state index is -0.312. The Balaban J connectivity index is 1.52. The fourth-order valence-corrected chi connectivity index (χ4v) is 5.70. The molecule has 2 amide bonds. The van der Waals surface area contributed by atoms with Crippen molar-refractivity contribution >= 4 is 17.4 Å². The Bertz CT molecular complexity index is 1660. The van der Waals surface area contributed by atoms with Gasteiger partial charge in [0, 0.05) is 37.2 Å². The van der Waals surface area contributed by atoms with Gasteiger partial charge in [0.1, 0.15) is 5.82 Å². The van der Waals surface area contributed by atoms with Crippen LogP contribution in [0.5, 0.6) is 0 Å². The van der Waals surface area contributed by atoms with Gasteiger partial charge < -0.3 is 19.7 Å². The van der Waals surface area contributed by atoms with Crippen LogP contribution in [0.3, 0.4) is 0 Å². The monoisotopic (exact) mass is 530 g/mol. The second-order valence-electron chi connectivity index (χ2n) is 10.8. The first-order valence-corrected chi connectivity index (χ1v) is 13.5. The Labute approximate surface area is 235 Å². The summed E-state index contributed by atoms with van der Waals surface area (Å²) in [5, 5.41) is 8.15. The predicted molar refractivity (Wildman–Crippen MR) is 161 cm³/mol. The first-order chi connectivity index (χ1) is 19.3. The van der Waals surface area contributed by atoms with Crippen molar-refractivity contribution in [1.29, 1.82) is 0 Å². The zero-order valence-electron chi connectivity index (χ0n) is 23.6. The number of fused-ring (bicyclic) bond motifs is 3. The van der Waals surface area contributed by atoms with E-state index in [1.54, 1.807) is 0 Å². The molecule has 40 heavy (non-hydrogen) atoms. The van der Waals surface area contributed by atoms with Crippen molar-refractivity contribution in [2.45, 2.75) is 33.4 Å². The number of nitrogens with zero attached hydrogens (tertiary/aromatic N) is 5. The van der Waals surface area contributed by atoms with Gasteiger partial charge in [-0.2, -0.15) is 5.10 Å². The molecule has 202 valence electrons. The number of benzene rings is 3. The highest BCUT2D eigenvalue weighted by atomic mass is 16.2. The van der Waals surface area contributed by atoms with Gasteiger partial charge in [-0.15, -0.1) is 0 Å². The summed E-state index contributed by atoms with van der Waals surface area (Å²) in [4.78, 5) is 18.2. The molecule has 1 N–H and O–H groups in total. The quantitative estimate of drug-likeness (QED) is 0.278. The van der Waals surface area contributed by atoms with Crippen LogP contribution >= 0.6 is 0 Å². The maximum absolute atomic E-state index is 14.2. The van der Waals surface area contributed by atoms with Crippen molar-refractivity contribution in [3.8, 4) is 11.5 Å². The van der Waals surface area contributed by atoms with Crippen molar-refractivity contribution < 1.29 is 4.79 Å². The highest BCUT2D eigenvalue weighted by Crippen LogP contribution is 2.39. The molecule has 1 aliphatic rings. The number of aromatic nitrogens is 3. The molecule has 0 fully saturated rings. The summed E-state index contributed by atoms with van der Waals surface area (Å²) in [6.45, 7) is 6.52. The minimum absolute atomic E-state index is 0.154. The maximum atomic E-state index is 14.2. The number of carbonyl (C=O) groups is 1. The average molecular weight is 531 g/mol. The molecule has 0 spiro atoms. The van der Waals surface area contributed by atoms with Gasteiger partial charge in [0.25, 0.3) is 0 Å². The molecule has 0 radical (unpaired) electrons. The molecule has 7 nitrogen and oxygen atoms in total. The number of carbonyl (C=O) groups excluding carboxylic acids is 1. The Morgan fingerprint density at radius 2 is 1.60 bits per heavy atom. The van der Waals surface area contributed by atoms with Crippen molar-refractivity contribution in [3.05, 3.63) is 125 Å². The number of anilines is 2. The van der Waals surface area contributed by atoms with E-state index in [0.29, 0.717) is 6.54 Å². The molecule has 6 rings (SSSR count). The molecule has 3 aromatic carbocycles. The van der Waals surface area contributed by atoms with Crippen molar-refractivity contribution in [2.24, 2.45) is 0 Å². The van der Waals surface area contributed by atoms with E-state index in [9.17, 15) is 4.79 Å². The number of nitrogens with one attached hydrogen (secondary N) is 1. The fourth-order valence-electron chi connectivity index (χ4n) is 5.70. The predicted octanol–water partition coefficient (Wildman–Crippen LogP) is 6.79. The largest absolute Gasteiger partial charge is 0.378 e. The smallest absolute Gasteiger partial charge is 0.322 e. The lowest BCUT2D eigenvalue weighted by Gasteiger charge is -2.31. The summed E-state index contributed by atoms with van der Waals surface area (Å²) in [5.74, 6) is 0.959. The molecule has 3 heterocycles. The molecule has 2 aromatic heterocycles. The van der Waals surface area contributed by atoms with Gasteiger partial charge in [0.15, 0.2) is 0 Å². The topological polar surface area (TPSA) is 58.3 Å². The highest BCUT2D eigenvalue weighted by molar-refractivity contribution is 5.90. The fraction of sp³-hybridized carbons (Fsp3) is 0.212. The van der Waals surface area contributed by atoms with Gasteiger partial charge >= 0.3 is 6.03 Å². The van der Waals surface area contributed by atoms with Crippen LogP contribution in [-0.4, -0.2) is 39.4 Å². The number of aryl methyl sites for hydroxylation is 3. The maximum Gasteiger partial charge on any atom is 0.322 e. The van der Waals surface area contributed by atoms with E-state index in [2.05, 4.69) is 69.5 Å². The highest BCUT2D eigenvalue weighted by Gasteiger charge is 2.36. The molecule has 0 unspecified atom stereocenters. The lowest BCUT2D eigenvalue weighted by molar-refractivity contribution is 0.194. The van der Waals surface area contributed by atoms with Crippen molar-refractivity contribution in [3.63, 3.8) is 0 Å². The Morgan fingerprint density at radius 1 is 0.900 bits per heavy atom. The second-order valence-corrected chi connectivity index (χ2v) is 10.8. The van der Waals surface area contributed by atoms with Crippen LogP contribution in [0.1, 0.15) is 39.7 Å². The third-order valence-electron chi connectivity index (χ3n) is 7.55. The molecular weight excluding hydrogens is 496 g/mol. The lowest BCUT2D eigenvalue weighted by atomic mass is 10.0. The van der Waals surface area contributed by atoms with Crippen LogP contribution in [-0.2, 0) is 6.54 Å². The molecule has 7 heteroatoms. The van der Waals surface area contributed by atoms with E-state index in [1.807, 2.05) is 80.8 Å². The molecule has 1 atom stereocenters. The van der Waals surface area contributed by atoms with E-state index in [-0.39, 0.29) is 12.1 Å². The van der Waals surface area contributed by atoms with Gasteiger partial charge in [0.05, 0.1) is 29.7 Å². The zero-order valence-corrected chi connectivity index (χ0v) is 23.6. The van der Waals surface area contributed by atoms with Gasteiger partial charge in [-0.1, -0.05) is 36.4 Å². The molecule has 5 aromatic rings. The number of urea groups is 1. The van der Waals surface area contributed by atoms with Crippen LogP contribution in [0.4, 0.5) is 16.2 Å². The summed E-state index contributed by atoms with van der Waals surface area (Å²) in [5.41, 5.74) is 9.06. The van der Waals surface area contributed by atoms with Crippen molar-refractivity contribution in [1.82, 2.24) is 19.2 Å². The number of rotatable bonds is 4. The van der Waals surface area contributed by atoms with E-state index in [1.165, 1.54) is 0 Å². The van der Waals surface area contributed by atoms with E-state index >= 15 is 0 Å². The number of amides is 2. The first kappa shape index (κ1) is 25.5. The van der Waals surface area contributed by atoms with Crippen LogP contribution < -0.4 is 10.2 Å². The van der Waals surface area contributed by atoms with E-state index in [4.69, 9.17) is 5.10 Å². The lowest BCUT2D eigenvalue weighted by Crippen LogP contribution is -2.38. The SMILES string of the molecule is Cc1cc(C)cc(NC(=O)N2Cc3c(C)nn(-c4ccccc4)c3-n3cccc3[C@@H]2c2ccc(N(C)C)cc2)c1. The number of para-hydroxylation sites is 1. The minimum Gasteiger partial charge on any atom is -0.378 e. The molecule has 0 bridgehead atoms. The Kier molecular flexibility index (Phi) is 6.42. The van der Waals surface area contributed by atoms with Crippen LogP contribution in [0, 0.1) is 20.8 Å². The van der Waals surface area contributed by atoms with E-state index < -0.39 is 0 Å². The molecule has 0 saturated carbocycles. The third-order valence-corrected chi connectivity index (χ3v) is 7.55. The summed E-state index contributed by atoms with van der Waals surface area (Å²) >= 11 is 0. The van der Waals surface area contributed by atoms with E-state index in [0.717, 1.165) is 56.5 Å². The normalized spacial score (nSPS) is 14.3. The summed E-state index contributed by atoms with van der Waals surface area (Å²) in [6, 6.07) is 28.4. The molecular formula is C33H34N6O. The van der Waals surface area contributed by atoms with Gasteiger partial charge in [-0.05, 0) is 86.0 Å². The van der Waals surface area contributed by atoms with Gasteiger partial charge in [-0.3, -0.25) is 0 Å². The molecule has 1 aliphatic heterocycles. The third kappa shape index (κ3) is 4.53. The zero-order chi connectivity index (χ0) is 28.0. The molecule has 0 saturated heterocycles. The van der Waals surface area contributed by atoms with Crippen LogP contribution in [0.2, 0.25) is 0 Å². The number of hydrogen-bond acceptors (Lipinski definition) is 3. The van der Waals surface area contributed by atoms with Crippen molar-refractivity contribution in [2.75, 3.05) is 24.3 Å².